The van der Waals surface area contributed by atoms with Crippen molar-refractivity contribution in [2.75, 3.05) is 47.5 Å². The molecule has 2 N–H and O–H groups in total. The summed E-state index contributed by atoms with van der Waals surface area (Å²) in [6.45, 7) is 3.99. The average Bonchev–Trinajstić information content (AvgIpc) is 3.12. The van der Waals surface area contributed by atoms with E-state index >= 15 is 0 Å². The molecule has 1 unspecified atom stereocenters. The molecule has 0 aliphatic heterocycles. The van der Waals surface area contributed by atoms with Gasteiger partial charge in [0.1, 0.15) is 19.8 Å². The second-order valence-corrected chi connectivity index (χ2v) is 16.3. The molecule has 54 heavy (non-hydrogen) atoms. The Labute approximate surface area is 329 Å². The summed E-state index contributed by atoms with van der Waals surface area (Å²) in [5.41, 5.74) is 0. The molecule has 312 valence electrons. The van der Waals surface area contributed by atoms with E-state index in [4.69, 9.17) is 18.5 Å². The van der Waals surface area contributed by atoms with Crippen LogP contribution in [0.4, 0.5) is 0 Å². The number of aliphatic hydroxyl groups excluding tert-OH is 1. The van der Waals surface area contributed by atoms with Crippen LogP contribution in [0.3, 0.4) is 0 Å². The lowest BCUT2D eigenvalue weighted by Gasteiger charge is -2.24. The van der Waals surface area contributed by atoms with Gasteiger partial charge < -0.3 is 24.0 Å². The average molecular weight is 783 g/mol. The van der Waals surface area contributed by atoms with Gasteiger partial charge in [-0.15, -0.1) is 0 Å². The Hall–Kier alpha value is -2.33. The van der Waals surface area contributed by atoms with Crippen molar-refractivity contribution in [1.29, 1.82) is 0 Å². The highest BCUT2D eigenvalue weighted by Crippen LogP contribution is 2.43. The van der Waals surface area contributed by atoms with Crippen LogP contribution in [-0.2, 0) is 32.7 Å². The number of carbonyl (C=O) groups is 2. The summed E-state index contributed by atoms with van der Waals surface area (Å²) < 4.78 is 34.1. The van der Waals surface area contributed by atoms with E-state index in [0.29, 0.717) is 30.3 Å². The van der Waals surface area contributed by atoms with E-state index in [-0.39, 0.29) is 32.2 Å². The third kappa shape index (κ3) is 38.0. The molecule has 0 aliphatic rings. The van der Waals surface area contributed by atoms with Crippen LogP contribution in [0.1, 0.15) is 142 Å². The number of ether oxygens (including phenoxy) is 2. The molecule has 0 aromatic rings. The first-order chi connectivity index (χ1) is 25.9. The quantitative estimate of drug-likeness (QED) is 0.0159. The number of rotatable bonds is 36. The Balaban J connectivity index is 4.51. The number of hydrogen-bond acceptors (Lipinski definition) is 8. The van der Waals surface area contributed by atoms with Crippen molar-refractivity contribution in [3.8, 4) is 0 Å². The number of phosphoric acid groups is 1. The zero-order chi connectivity index (χ0) is 40.2. The topological polar surface area (TPSA) is 129 Å². The Bertz CT molecular complexity index is 1130. The van der Waals surface area contributed by atoms with Gasteiger partial charge in [0.05, 0.1) is 33.9 Å². The maximum absolute atomic E-state index is 12.6. The fourth-order valence-corrected chi connectivity index (χ4v) is 5.80. The standard InChI is InChI=1S/C43H76NO9P/c1-6-8-9-10-11-12-13-19-23-26-29-32-35-43(47)53-41(39-52-54(48,49)51-37-36-44(3,4)5)38-50-42(46)34-31-28-25-22-20-17-15-14-16-18-21-24-27-30-33-40(45)7-2/h15-18,22,24-25,27,30,33,40-41,45H,6-14,19-21,23,26,28-29,31-32,34-39H2,1-5H3/p+1/b17-15-,18-16-,25-22-,27-24-,33-30+/t40-,41+/m0/s1. The van der Waals surface area contributed by atoms with E-state index < -0.39 is 32.5 Å². The Morgan fingerprint density at radius 3 is 1.78 bits per heavy atom. The normalized spacial score (nSPS) is 14.9. The molecule has 0 bridgehead atoms. The number of hydrogen-bond donors (Lipinski definition) is 2. The predicted molar refractivity (Wildman–Crippen MR) is 221 cm³/mol. The minimum atomic E-state index is -4.39. The summed E-state index contributed by atoms with van der Waals surface area (Å²) in [4.78, 5) is 35.2. The van der Waals surface area contributed by atoms with Gasteiger partial charge in [0.2, 0.25) is 0 Å². The van der Waals surface area contributed by atoms with Crippen LogP contribution in [-0.4, -0.2) is 86.1 Å². The third-order valence-electron chi connectivity index (χ3n) is 8.47. The van der Waals surface area contributed by atoms with Crippen molar-refractivity contribution in [3.63, 3.8) is 0 Å². The summed E-state index contributed by atoms with van der Waals surface area (Å²) in [7, 11) is 1.42. The van der Waals surface area contributed by atoms with Crippen molar-refractivity contribution in [1.82, 2.24) is 0 Å². The molecule has 0 heterocycles. The van der Waals surface area contributed by atoms with E-state index in [1.54, 1.807) is 6.08 Å². The molecule has 11 heteroatoms. The fraction of sp³-hybridized carbons (Fsp3) is 0.721. The molecule has 0 saturated heterocycles. The smallest absolute Gasteiger partial charge is 0.462 e. The zero-order valence-electron chi connectivity index (χ0n) is 34.5. The Kier molecular flexibility index (Phi) is 33.6. The van der Waals surface area contributed by atoms with Gasteiger partial charge in [-0.2, -0.15) is 0 Å². The van der Waals surface area contributed by atoms with E-state index in [9.17, 15) is 24.2 Å². The van der Waals surface area contributed by atoms with E-state index in [1.807, 2.05) is 52.4 Å². The van der Waals surface area contributed by atoms with E-state index in [1.165, 1.54) is 51.4 Å². The second kappa shape index (κ2) is 35.1. The Morgan fingerprint density at radius 1 is 0.667 bits per heavy atom. The minimum absolute atomic E-state index is 0.0153. The molecule has 0 fully saturated rings. The van der Waals surface area contributed by atoms with Gasteiger partial charge in [-0.25, -0.2) is 4.57 Å². The number of aliphatic hydroxyl groups is 1. The molecule has 3 atom stereocenters. The maximum Gasteiger partial charge on any atom is 0.472 e. The number of unbranched alkanes of at least 4 members (excludes halogenated alkanes) is 12. The van der Waals surface area contributed by atoms with Crippen molar-refractivity contribution < 1.29 is 47.2 Å². The van der Waals surface area contributed by atoms with Gasteiger partial charge in [-0.3, -0.25) is 18.6 Å². The lowest BCUT2D eigenvalue weighted by Crippen LogP contribution is -2.37. The fourth-order valence-electron chi connectivity index (χ4n) is 5.06. The van der Waals surface area contributed by atoms with Gasteiger partial charge in [-0.05, 0) is 44.9 Å². The monoisotopic (exact) mass is 783 g/mol. The van der Waals surface area contributed by atoms with Crippen LogP contribution < -0.4 is 0 Å². The summed E-state index contributed by atoms with van der Waals surface area (Å²) in [6.07, 6.45) is 38.0. The summed E-state index contributed by atoms with van der Waals surface area (Å²) >= 11 is 0. The van der Waals surface area contributed by atoms with Crippen LogP contribution in [0.5, 0.6) is 0 Å². The van der Waals surface area contributed by atoms with Crippen molar-refractivity contribution in [2.45, 2.75) is 154 Å². The van der Waals surface area contributed by atoms with Crippen molar-refractivity contribution in [3.05, 3.63) is 60.8 Å². The number of quaternary nitrogens is 1. The van der Waals surface area contributed by atoms with Crippen LogP contribution in [0, 0.1) is 0 Å². The summed E-state index contributed by atoms with van der Waals surface area (Å²) in [6, 6.07) is 0. The number of allylic oxidation sites excluding steroid dienone is 9. The van der Waals surface area contributed by atoms with Crippen LogP contribution in [0.15, 0.2) is 60.8 Å². The molecule has 0 aliphatic carbocycles. The lowest BCUT2D eigenvalue weighted by molar-refractivity contribution is -0.870. The highest BCUT2D eigenvalue weighted by Gasteiger charge is 2.27. The third-order valence-corrected chi connectivity index (χ3v) is 9.45. The molecule has 10 nitrogen and oxygen atoms in total. The van der Waals surface area contributed by atoms with Crippen LogP contribution in [0.25, 0.3) is 0 Å². The summed E-state index contributed by atoms with van der Waals surface area (Å²) in [5.74, 6) is -0.890. The van der Waals surface area contributed by atoms with Crippen LogP contribution >= 0.6 is 7.82 Å². The van der Waals surface area contributed by atoms with E-state index in [0.717, 1.165) is 44.9 Å². The highest BCUT2D eigenvalue weighted by atomic mass is 31.2. The van der Waals surface area contributed by atoms with Gasteiger partial charge >= 0.3 is 19.8 Å². The number of phosphoric ester groups is 1. The number of nitrogens with zero attached hydrogens (tertiary/aromatic N) is 1. The lowest BCUT2D eigenvalue weighted by atomic mass is 10.0. The molecule has 0 rings (SSSR count). The highest BCUT2D eigenvalue weighted by molar-refractivity contribution is 7.47. The molecule has 0 amide bonds. The molecular formula is C43H77NO9P+. The van der Waals surface area contributed by atoms with Crippen LogP contribution in [0.2, 0.25) is 0 Å². The SMILES string of the molecule is CCCCCCCCCCCCCCC(=O)O[C@H](COC(=O)CCC/C=C\C/C=C\C/C=C\C/C=C\C=C\[C@@H](O)CC)COP(=O)(O)OCC[N+](C)(C)C. The maximum atomic E-state index is 12.6. The van der Waals surface area contributed by atoms with Crippen molar-refractivity contribution in [2.24, 2.45) is 0 Å². The first kappa shape index (κ1) is 51.7. The number of esters is 2. The first-order valence-electron chi connectivity index (χ1n) is 20.6. The second-order valence-electron chi connectivity index (χ2n) is 14.8. The van der Waals surface area contributed by atoms with Gasteiger partial charge in [-0.1, -0.05) is 145 Å². The molecule has 0 radical (unpaired) electrons. The van der Waals surface area contributed by atoms with Crippen molar-refractivity contribution >= 4 is 19.8 Å². The van der Waals surface area contributed by atoms with E-state index in [2.05, 4.69) is 37.3 Å². The first-order valence-corrected chi connectivity index (χ1v) is 22.1. The van der Waals surface area contributed by atoms with Gasteiger partial charge in [0.25, 0.3) is 0 Å². The molecule has 0 aromatic heterocycles. The zero-order valence-corrected chi connectivity index (χ0v) is 35.4. The Morgan fingerprint density at radius 2 is 1.20 bits per heavy atom. The largest absolute Gasteiger partial charge is 0.472 e. The van der Waals surface area contributed by atoms with Gasteiger partial charge in [0, 0.05) is 12.8 Å². The molecular weight excluding hydrogens is 705 g/mol. The van der Waals surface area contributed by atoms with Gasteiger partial charge in [0.15, 0.2) is 6.10 Å². The molecule has 0 spiro atoms. The number of carbonyl (C=O) groups excluding carboxylic acids is 2. The molecule has 0 saturated carbocycles. The molecule has 0 aromatic carbocycles. The predicted octanol–water partition coefficient (Wildman–Crippen LogP) is 10.3. The summed E-state index contributed by atoms with van der Waals surface area (Å²) in [5, 5.41) is 9.47. The minimum Gasteiger partial charge on any atom is -0.462 e. The number of likely N-dealkylation sites (N-methyl/N-ethyl adjacent to an activating group) is 1.